The molecule has 2 N–H and O–H groups in total. The first-order chi connectivity index (χ1) is 9.79. The van der Waals surface area contributed by atoms with Gasteiger partial charge < -0.3 is 10.3 Å². The van der Waals surface area contributed by atoms with Gasteiger partial charge in [0.15, 0.2) is 0 Å². The Labute approximate surface area is 128 Å². The number of nitrogen functional groups attached to an aromatic ring is 1. The maximum absolute atomic E-state index is 13.7. The van der Waals surface area contributed by atoms with Crippen LogP contribution in [0.25, 0.3) is 11.3 Å². The van der Waals surface area contributed by atoms with Gasteiger partial charge in [-0.1, -0.05) is 38.4 Å². The molecule has 1 saturated carbocycles. The third-order valence-electron chi connectivity index (χ3n) is 3.72. The van der Waals surface area contributed by atoms with E-state index in [1.54, 1.807) is 12.1 Å². The van der Waals surface area contributed by atoms with Crippen LogP contribution in [0, 0.1) is 5.82 Å². The Hall–Kier alpha value is -1.55. The van der Waals surface area contributed by atoms with Crippen molar-refractivity contribution in [2.24, 2.45) is 0 Å². The molecule has 1 heterocycles. The summed E-state index contributed by atoms with van der Waals surface area (Å²) >= 11 is 5.75. The van der Waals surface area contributed by atoms with Crippen LogP contribution >= 0.6 is 11.6 Å². The van der Waals surface area contributed by atoms with Gasteiger partial charge in [0.2, 0.25) is 0 Å². The van der Waals surface area contributed by atoms with Crippen LogP contribution in [0.15, 0.2) is 18.2 Å². The summed E-state index contributed by atoms with van der Waals surface area (Å²) < 4.78 is 15.8. The first kappa shape index (κ1) is 14.4. The fourth-order valence-electron chi connectivity index (χ4n) is 2.53. The molecule has 1 fully saturated rings. The zero-order valence-electron chi connectivity index (χ0n) is 12.5. The van der Waals surface area contributed by atoms with Gasteiger partial charge in [-0.3, -0.25) is 0 Å². The van der Waals surface area contributed by atoms with E-state index in [0.29, 0.717) is 23.1 Å². The molecule has 0 bridgehead atoms. The molecular formula is C16H19ClFN3. The standard InChI is InChI=1S/C16H19ClFN3/c1-16(2,3)15-20-13(14(19)21(15)10-5-6-10)9-4-7-11(17)12(18)8-9/h4,7-8,10H,5-6,19H2,1-3H3. The molecule has 3 rings (SSSR count). The number of anilines is 1. The molecule has 112 valence electrons. The molecule has 0 radical (unpaired) electrons. The number of nitrogens with zero attached hydrogens (tertiary/aromatic N) is 2. The zero-order chi connectivity index (χ0) is 15.4. The number of imidazole rings is 1. The molecule has 1 aliphatic carbocycles. The lowest BCUT2D eigenvalue weighted by molar-refractivity contribution is 0.504. The number of benzene rings is 1. The first-order valence-corrected chi connectivity index (χ1v) is 7.50. The molecule has 21 heavy (non-hydrogen) atoms. The van der Waals surface area contributed by atoms with E-state index >= 15 is 0 Å². The molecule has 3 nitrogen and oxygen atoms in total. The number of hydrogen-bond donors (Lipinski definition) is 1. The Bertz CT molecular complexity index is 696. The lowest BCUT2D eigenvalue weighted by atomic mass is 9.95. The van der Waals surface area contributed by atoms with Crippen LogP contribution in [-0.2, 0) is 5.41 Å². The van der Waals surface area contributed by atoms with E-state index in [1.165, 1.54) is 6.07 Å². The van der Waals surface area contributed by atoms with Crippen LogP contribution in [0.3, 0.4) is 0 Å². The van der Waals surface area contributed by atoms with Crippen molar-refractivity contribution in [3.8, 4) is 11.3 Å². The van der Waals surface area contributed by atoms with Crippen LogP contribution in [0.1, 0.15) is 45.5 Å². The second-order valence-electron chi connectivity index (χ2n) is 6.65. The van der Waals surface area contributed by atoms with Gasteiger partial charge >= 0.3 is 0 Å². The average molecular weight is 308 g/mol. The van der Waals surface area contributed by atoms with Crippen molar-refractivity contribution in [2.45, 2.75) is 45.1 Å². The molecule has 5 heteroatoms. The van der Waals surface area contributed by atoms with Crippen LogP contribution in [0.5, 0.6) is 0 Å². The van der Waals surface area contributed by atoms with Gasteiger partial charge in [-0.15, -0.1) is 0 Å². The minimum absolute atomic E-state index is 0.106. The van der Waals surface area contributed by atoms with E-state index in [1.807, 2.05) is 0 Å². The minimum atomic E-state index is -0.452. The van der Waals surface area contributed by atoms with Crippen molar-refractivity contribution in [1.82, 2.24) is 9.55 Å². The Kier molecular flexibility index (Phi) is 3.24. The van der Waals surface area contributed by atoms with Crippen molar-refractivity contribution >= 4 is 17.4 Å². The molecule has 0 unspecified atom stereocenters. The van der Waals surface area contributed by atoms with E-state index in [-0.39, 0.29) is 10.4 Å². The third-order valence-corrected chi connectivity index (χ3v) is 4.03. The largest absolute Gasteiger partial charge is 0.383 e. The Balaban J connectivity index is 2.17. The second-order valence-corrected chi connectivity index (χ2v) is 7.06. The number of aromatic nitrogens is 2. The number of nitrogens with two attached hydrogens (primary N) is 1. The average Bonchev–Trinajstić information content (AvgIpc) is 3.15. The van der Waals surface area contributed by atoms with E-state index in [2.05, 4.69) is 25.3 Å². The number of halogens is 2. The maximum atomic E-state index is 13.7. The third kappa shape index (κ3) is 2.53. The highest BCUT2D eigenvalue weighted by atomic mass is 35.5. The quantitative estimate of drug-likeness (QED) is 0.884. The van der Waals surface area contributed by atoms with Crippen molar-refractivity contribution in [3.63, 3.8) is 0 Å². The van der Waals surface area contributed by atoms with Gasteiger partial charge in [0.25, 0.3) is 0 Å². The molecule has 2 aromatic rings. The summed E-state index contributed by atoms with van der Waals surface area (Å²) in [5.74, 6) is 1.11. The van der Waals surface area contributed by atoms with Crippen LogP contribution < -0.4 is 5.73 Å². The fraction of sp³-hybridized carbons (Fsp3) is 0.438. The molecule has 0 aliphatic heterocycles. The predicted octanol–water partition coefficient (Wildman–Crippen LogP) is 4.56. The lowest BCUT2D eigenvalue weighted by Gasteiger charge is -2.20. The van der Waals surface area contributed by atoms with Crippen molar-refractivity contribution in [2.75, 3.05) is 5.73 Å². The molecular weight excluding hydrogens is 289 g/mol. The fourth-order valence-corrected chi connectivity index (χ4v) is 2.65. The summed E-state index contributed by atoms with van der Waals surface area (Å²) in [6.45, 7) is 6.33. The molecule has 0 spiro atoms. The van der Waals surface area contributed by atoms with Crippen LogP contribution in [0.2, 0.25) is 5.02 Å². The van der Waals surface area contributed by atoms with Gasteiger partial charge in [0.1, 0.15) is 23.2 Å². The Morgan fingerprint density at radius 1 is 1.33 bits per heavy atom. The zero-order valence-corrected chi connectivity index (χ0v) is 13.2. The van der Waals surface area contributed by atoms with E-state index < -0.39 is 5.82 Å². The first-order valence-electron chi connectivity index (χ1n) is 7.12. The van der Waals surface area contributed by atoms with Crippen LogP contribution in [0.4, 0.5) is 10.2 Å². The second kappa shape index (κ2) is 4.73. The van der Waals surface area contributed by atoms with Gasteiger partial charge in [-0.2, -0.15) is 0 Å². The summed E-state index contributed by atoms with van der Waals surface area (Å²) in [7, 11) is 0. The maximum Gasteiger partial charge on any atom is 0.142 e. The van der Waals surface area contributed by atoms with E-state index in [0.717, 1.165) is 18.7 Å². The van der Waals surface area contributed by atoms with Crippen molar-refractivity contribution in [3.05, 3.63) is 34.9 Å². The van der Waals surface area contributed by atoms with Gasteiger partial charge in [-0.25, -0.2) is 9.37 Å². The number of rotatable bonds is 2. The monoisotopic (exact) mass is 307 g/mol. The lowest BCUT2D eigenvalue weighted by Crippen LogP contribution is -2.19. The Morgan fingerprint density at radius 3 is 2.52 bits per heavy atom. The smallest absolute Gasteiger partial charge is 0.142 e. The van der Waals surface area contributed by atoms with Crippen molar-refractivity contribution < 1.29 is 4.39 Å². The normalized spacial score (nSPS) is 15.5. The van der Waals surface area contributed by atoms with E-state index in [9.17, 15) is 4.39 Å². The topological polar surface area (TPSA) is 43.8 Å². The summed E-state index contributed by atoms with van der Waals surface area (Å²) in [5.41, 5.74) is 7.50. The summed E-state index contributed by atoms with van der Waals surface area (Å²) in [4.78, 5) is 4.71. The Morgan fingerprint density at radius 2 is 2.00 bits per heavy atom. The van der Waals surface area contributed by atoms with Gasteiger partial charge in [0.05, 0.1) is 5.02 Å². The summed E-state index contributed by atoms with van der Waals surface area (Å²) in [6.07, 6.45) is 2.25. The molecule has 1 aliphatic rings. The summed E-state index contributed by atoms with van der Waals surface area (Å²) in [6, 6.07) is 5.12. The van der Waals surface area contributed by atoms with Gasteiger partial charge in [-0.05, 0) is 25.0 Å². The predicted molar refractivity (Wildman–Crippen MR) is 84.0 cm³/mol. The SMILES string of the molecule is CC(C)(C)c1nc(-c2ccc(Cl)c(F)c2)c(N)n1C1CC1. The highest BCUT2D eigenvalue weighted by molar-refractivity contribution is 6.30. The van der Waals surface area contributed by atoms with Crippen LogP contribution in [-0.4, -0.2) is 9.55 Å². The highest BCUT2D eigenvalue weighted by Crippen LogP contribution is 2.43. The van der Waals surface area contributed by atoms with E-state index in [4.69, 9.17) is 22.3 Å². The molecule has 0 amide bonds. The molecule has 1 aromatic carbocycles. The molecule has 1 aromatic heterocycles. The molecule has 0 saturated heterocycles. The molecule has 0 atom stereocenters. The minimum Gasteiger partial charge on any atom is -0.383 e. The highest BCUT2D eigenvalue weighted by Gasteiger charge is 2.34. The van der Waals surface area contributed by atoms with Gasteiger partial charge in [0, 0.05) is 17.0 Å². The van der Waals surface area contributed by atoms with Crippen molar-refractivity contribution in [1.29, 1.82) is 0 Å². The number of hydrogen-bond acceptors (Lipinski definition) is 2. The summed E-state index contributed by atoms with van der Waals surface area (Å²) in [5, 5.41) is 0.106.